The third kappa shape index (κ3) is 11.3. The van der Waals surface area contributed by atoms with Crippen molar-refractivity contribution in [2.24, 2.45) is 0 Å². The van der Waals surface area contributed by atoms with Crippen molar-refractivity contribution in [3.05, 3.63) is 115 Å². The van der Waals surface area contributed by atoms with Crippen LogP contribution in [0.25, 0.3) is 0 Å². The molecular weight excluding hydrogens is 846 g/mol. The summed E-state index contributed by atoms with van der Waals surface area (Å²) < 4.78 is 13.8. The molecule has 0 amide bonds. The Balaban J connectivity index is 1.91. The van der Waals surface area contributed by atoms with Crippen molar-refractivity contribution >= 4 is 29.9 Å². The van der Waals surface area contributed by atoms with Gasteiger partial charge in [-0.25, -0.2) is 0 Å². The van der Waals surface area contributed by atoms with E-state index in [0.29, 0.717) is 80.3 Å². The molecule has 4 aromatic carbocycles. The van der Waals surface area contributed by atoms with E-state index < -0.39 is 0 Å². The number of fused-ring (bicyclic) bond motifs is 8. The summed E-state index contributed by atoms with van der Waals surface area (Å²) in [5.74, 6) is 2.48. The van der Waals surface area contributed by atoms with Crippen LogP contribution in [0, 0.1) is 0 Å². The molecule has 5 rings (SSSR count). The molecule has 4 nitrogen and oxygen atoms in total. The zero-order valence-electron chi connectivity index (χ0n) is 38.2. The molecule has 4 aromatic rings. The summed E-state index contributed by atoms with van der Waals surface area (Å²) >= 11 is 1.04. The standard InChI is InChI=1S/C52H72O4Se2/c1-15-57-19-17-55-47-37-21-33-25-41(49(3,4)5)27-35(45(33)53)23-39-31-44(52(12,13)14)32-40(48(39)56-18-20-58-16-2)24-36-28-42(50(6,7)8)26-34(46(36)54)22-38(47)30-43(29-37)51(9,10)11/h25-32,53-54H,15-24H2,1-14H3. The number of phenols is 2. The molecule has 0 radical (unpaired) electrons. The van der Waals surface area contributed by atoms with Gasteiger partial charge in [0.25, 0.3) is 0 Å². The second kappa shape index (κ2) is 18.4. The Hall–Kier alpha value is -2.88. The van der Waals surface area contributed by atoms with Gasteiger partial charge in [-0.1, -0.05) is 0 Å². The number of aromatic hydroxyl groups is 2. The van der Waals surface area contributed by atoms with E-state index in [1.165, 1.54) is 32.9 Å². The molecule has 0 unspecified atom stereocenters. The average molecular weight is 919 g/mol. The van der Waals surface area contributed by atoms with Crippen LogP contribution in [0.1, 0.15) is 164 Å². The van der Waals surface area contributed by atoms with Gasteiger partial charge in [-0.3, -0.25) is 0 Å². The van der Waals surface area contributed by atoms with Crippen LogP contribution in [-0.2, 0) is 47.3 Å². The maximum absolute atomic E-state index is 12.5. The fourth-order valence-corrected chi connectivity index (χ4v) is 9.77. The molecule has 0 atom stereocenters. The van der Waals surface area contributed by atoms with E-state index in [0.717, 1.165) is 66.6 Å². The number of benzene rings is 4. The first kappa shape index (κ1) is 46.2. The Morgan fingerprint density at radius 2 is 0.638 bits per heavy atom. The SMILES string of the molecule is CC[Se]CCOc1c2cc(C(C)(C)C)cc1Cc1cc(C(C)(C)C)cc(c1O)Cc1cc(C(C)(C)C)cc(c1OCC[Se]CC)Cc1cc(C(C)(C)C)cc(c1O)C2. The summed E-state index contributed by atoms with van der Waals surface area (Å²) in [5, 5.41) is 29.4. The van der Waals surface area contributed by atoms with Crippen LogP contribution in [0.3, 0.4) is 0 Å². The second-order valence-corrected chi connectivity index (χ2v) is 26.2. The normalized spacial score (nSPS) is 13.8. The third-order valence-corrected chi connectivity index (χ3v) is 15.0. The zero-order valence-corrected chi connectivity index (χ0v) is 41.6. The molecule has 0 spiro atoms. The van der Waals surface area contributed by atoms with Gasteiger partial charge in [0.15, 0.2) is 0 Å². The molecule has 2 N–H and O–H groups in total. The molecule has 6 heteroatoms. The van der Waals surface area contributed by atoms with Crippen LogP contribution in [0.4, 0.5) is 0 Å². The van der Waals surface area contributed by atoms with Gasteiger partial charge in [0, 0.05) is 0 Å². The summed E-state index contributed by atoms with van der Waals surface area (Å²) in [6, 6.07) is 18.2. The third-order valence-electron chi connectivity index (χ3n) is 11.4. The van der Waals surface area contributed by atoms with E-state index >= 15 is 0 Å². The van der Waals surface area contributed by atoms with Crippen LogP contribution in [0.5, 0.6) is 23.0 Å². The van der Waals surface area contributed by atoms with Gasteiger partial charge >= 0.3 is 367 Å². The predicted octanol–water partition coefficient (Wildman–Crippen LogP) is 12.8. The minimum absolute atomic E-state index is 0.128. The Labute approximate surface area is 364 Å². The summed E-state index contributed by atoms with van der Waals surface area (Å²) in [7, 11) is 0. The van der Waals surface area contributed by atoms with Gasteiger partial charge in [-0.05, 0) is 0 Å². The summed E-state index contributed by atoms with van der Waals surface area (Å²) in [4.78, 5) is 0. The van der Waals surface area contributed by atoms with Crippen LogP contribution >= 0.6 is 0 Å². The van der Waals surface area contributed by atoms with E-state index in [2.05, 4.69) is 145 Å². The Morgan fingerprint density at radius 1 is 0.414 bits per heavy atom. The fourth-order valence-electron chi connectivity index (χ4n) is 7.71. The van der Waals surface area contributed by atoms with Crippen LogP contribution in [-0.4, -0.2) is 53.3 Å². The number of hydrogen-bond acceptors (Lipinski definition) is 4. The molecule has 0 aromatic heterocycles. The molecule has 0 saturated carbocycles. The average Bonchev–Trinajstić information content (AvgIpc) is 3.11. The van der Waals surface area contributed by atoms with Gasteiger partial charge in [-0.2, -0.15) is 0 Å². The first-order valence-electron chi connectivity index (χ1n) is 21.4. The second-order valence-electron chi connectivity index (χ2n) is 20.3. The predicted molar refractivity (Wildman–Crippen MR) is 248 cm³/mol. The molecule has 0 fully saturated rings. The first-order chi connectivity index (χ1) is 27.0. The van der Waals surface area contributed by atoms with Crippen molar-refractivity contribution < 1.29 is 19.7 Å². The molecule has 1 aliphatic rings. The Kier molecular flexibility index (Phi) is 14.6. The number of phenolic OH excluding ortho intramolecular Hbond substituents is 2. The van der Waals surface area contributed by atoms with Gasteiger partial charge in [0.1, 0.15) is 0 Å². The van der Waals surface area contributed by atoms with Crippen molar-refractivity contribution in [2.75, 3.05) is 13.2 Å². The molecule has 8 bridgehead atoms. The van der Waals surface area contributed by atoms with Crippen molar-refractivity contribution in [1.29, 1.82) is 0 Å². The van der Waals surface area contributed by atoms with E-state index in [-0.39, 0.29) is 21.7 Å². The molecule has 0 saturated heterocycles. The van der Waals surface area contributed by atoms with E-state index in [1.807, 2.05) is 0 Å². The number of ether oxygens (including phenoxy) is 2. The molecular formula is C52H72O4Se2. The van der Waals surface area contributed by atoms with Gasteiger partial charge in [-0.15, -0.1) is 0 Å². The topological polar surface area (TPSA) is 58.9 Å². The number of hydrogen-bond donors (Lipinski definition) is 2. The van der Waals surface area contributed by atoms with E-state index in [1.54, 1.807) is 0 Å². The molecule has 1 aliphatic carbocycles. The van der Waals surface area contributed by atoms with Gasteiger partial charge < -0.3 is 0 Å². The molecule has 58 heavy (non-hydrogen) atoms. The quantitative estimate of drug-likeness (QED) is 0.108. The van der Waals surface area contributed by atoms with Crippen molar-refractivity contribution in [2.45, 2.75) is 166 Å². The Morgan fingerprint density at radius 3 is 0.845 bits per heavy atom. The molecule has 0 heterocycles. The Bertz CT molecular complexity index is 1820. The number of rotatable bonds is 10. The maximum atomic E-state index is 12.5. The van der Waals surface area contributed by atoms with Crippen LogP contribution in [0.15, 0.2) is 48.5 Å². The van der Waals surface area contributed by atoms with Crippen molar-refractivity contribution in [3.63, 3.8) is 0 Å². The van der Waals surface area contributed by atoms with Gasteiger partial charge in [0.05, 0.1) is 0 Å². The minimum atomic E-state index is -0.136. The fraction of sp³-hybridized carbons (Fsp3) is 0.538. The van der Waals surface area contributed by atoms with Crippen LogP contribution < -0.4 is 9.47 Å². The molecule has 0 aliphatic heterocycles. The van der Waals surface area contributed by atoms with Crippen molar-refractivity contribution in [3.8, 4) is 23.0 Å². The van der Waals surface area contributed by atoms with Crippen molar-refractivity contribution in [1.82, 2.24) is 0 Å². The zero-order chi connectivity index (χ0) is 42.8. The molecule has 316 valence electrons. The monoisotopic (exact) mass is 920 g/mol. The summed E-state index contributed by atoms with van der Waals surface area (Å²) in [6.07, 6.45) is 2.12. The first-order valence-corrected chi connectivity index (χ1v) is 26.3. The van der Waals surface area contributed by atoms with Crippen LogP contribution in [0.2, 0.25) is 21.3 Å². The van der Waals surface area contributed by atoms with E-state index in [4.69, 9.17) is 9.47 Å². The summed E-state index contributed by atoms with van der Waals surface area (Å²) in [5.41, 5.74) is 12.3. The van der Waals surface area contributed by atoms with E-state index in [9.17, 15) is 10.2 Å². The van der Waals surface area contributed by atoms with Gasteiger partial charge in [0.2, 0.25) is 0 Å². The summed E-state index contributed by atoms with van der Waals surface area (Å²) in [6.45, 7) is 32.9.